The molecule has 1 unspecified atom stereocenters. The van der Waals surface area contributed by atoms with Gasteiger partial charge in [-0.3, -0.25) is 0 Å². The molecule has 0 aromatic heterocycles. The number of nitrogens with zero attached hydrogens (tertiary/aromatic N) is 1. The first-order chi connectivity index (χ1) is 9.19. The molecule has 0 aliphatic carbocycles. The van der Waals surface area contributed by atoms with Crippen LogP contribution in [-0.2, 0) is 4.74 Å². The fourth-order valence-corrected chi connectivity index (χ4v) is 2.33. The summed E-state index contributed by atoms with van der Waals surface area (Å²) in [6.07, 6.45) is 3.47. The number of carbonyl (C=O) groups is 1. The van der Waals surface area contributed by atoms with Gasteiger partial charge in [0.05, 0.1) is 18.8 Å². The predicted molar refractivity (Wildman–Crippen MR) is 73.5 cm³/mol. The van der Waals surface area contributed by atoms with E-state index in [1.54, 1.807) is 12.1 Å². The largest absolute Gasteiger partial charge is 0.490 e. The van der Waals surface area contributed by atoms with Crippen LogP contribution in [0.15, 0.2) is 24.3 Å². The van der Waals surface area contributed by atoms with Crippen molar-refractivity contribution < 1.29 is 14.3 Å². The molecule has 1 heterocycles. The molecule has 0 saturated carbocycles. The van der Waals surface area contributed by atoms with E-state index in [2.05, 4.69) is 11.9 Å². The molecule has 1 aliphatic heterocycles. The summed E-state index contributed by atoms with van der Waals surface area (Å²) in [7, 11) is 3.53. The van der Waals surface area contributed by atoms with Crippen molar-refractivity contribution in [2.45, 2.75) is 25.4 Å². The van der Waals surface area contributed by atoms with Crippen LogP contribution in [0.3, 0.4) is 0 Å². The standard InChI is InChI=1S/C15H21NO3/c1-16-9-4-7-13(8-10-16)19-14-6-3-5-12(11-14)15(17)18-2/h3,5-6,11,13H,4,7-10H2,1-2H3. The first-order valence-corrected chi connectivity index (χ1v) is 6.72. The molecule has 1 aromatic rings. The number of likely N-dealkylation sites (tertiary alicyclic amines) is 1. The third-order valence-corrected chi connectivity index (χ3v) is 3.46. The topological polar surface area (TPSA) is 38.8 Å². The lowest BCUT2D eigenvalue weighted by atomic mass is 10.1. The average molecular weight is 263 g/mol. The van der Waals surface area contributed by atoms with Gasteiger partial charge in [-0.15, -0.1) is 0 Å². The Balaban J connectivity index is 2.00. The molecule has 1 fully saturated rings. The number of ether oxygens (including phenoxy) is 2. The minimum atomic E-state index is -0.328. The summed E-state index contributed by atoms with van der Waals surface area (Å²) in [4.78, 5) is 13.8. The summed E-state index contributed by atoms with van der Waals surface area (Å²) in [5.74, 6) is 0.420. The molecule has 1 aliphatic rings. The van der Waals surface area contributed by atoms with Gasteiger partial charge in [0.2, 0.25) is 0 Å². The number of rotatable bonds is 3. The van der Waals surface area contributed by atoms with E-state index in [0.717, 1.165) is 38.1 Å². The van der Waals surface area contributed by atoms with Gasteiger partial charge in [0, 0.05) is 6.54 Å². The Morgan fingerprint density at radius 3 is 2.95 bits per heavy atom. The monoisotopic (exact) mass is 263 g/mol. The Morgan fingerprint density at radius 1 is 1.32 bits per heavy atom. The number of carbonyl (C=O) groups excluding carboxylic acids is 1. The van der Waals surface area contributed by atoms with Crippen LogP contribution in [0.5, 0.6) is 5.75 Å². The second-order valence-corrected chi connectivity index (χ2v) is 4.99. The van der Waals surface area contributed by atoms with Gasteiger partial charge < -0.3 is 14.4 Å². The number of hydrogen-bond acceptors (Lipinski definition) is 4. The number of esters is 1. The zero-order valence-electron chi connectivity index (χ0n) is 11.6. The Bertz CT molecular complexity index is 433. The Kier molecular flexibility index (Phi) is 4.80. The fourth-order valence-electron chi connectivity index (χ4n) is 2.33. The van der Waals surface area contributed by atoms with Gasteiger partial charge in [0.1, 0.15) is 5.75 Å². The minimum Gasteiger partial charge on any atom is -0.490 e. The van der Waals surface area contributed by atoms with Crippen LogP contribution in [0.25, 0.3) is 0 Å². The van der Waals surface area contributed by atoms with Gasteiger partial charge in [-0.2, -0.15) is 0 Å². The van der Waals surface area contributed by atoms with Crippen molar-refractivity contribution in [1.29, 1.82) is 0 Å². The number of benzene rings is 1. The van der Waals surface area contributed by atoms with Gasteiger partial charge in [0.15, 0.2) is 0 Å². The lowest BCUT2D eigenvalue weighted by molar-refractivity contribution is 0.0599. The molecule has 0 amide bonds. The summed E-state index contributed by atoms with van der Waals surface area (Å²) in [6.45, 7) is 2.18. The third-order valence-electron chi connectivity index (χ3n) is 3.46. The number of hydrogen-bond donors (Lipinski definition) is 0. The Labute approximate surface area is 114 Å². The summed E-state index contributed by atoms with van der Waals surface area (Å²) in [6, 6.07) is 7.20. The smallest absolute Gasteiger partial charge is 0.337 e. The highest BCUT2D eigenvalue weighted by Crippen LogP contribution is 2.20. The lowest BCUT2D eigenvalue weighted by Crippen LogP contribution is -2.21. The molecule has 2 rings (SSSR count). The maximum atomic E-state index is 11.5. The van der Waals surface area contributed by atoms with Gasteiger partial charge in [-0.1, -0.05) is 6.07 Å². The molecule has 104 valence electrons. The van der Waals surface area contributed by atoms with Crippen LogP contribution in [0, 0.1) is 0 Å². The van der Waals surface area contributed by atoms with Gasteiger partial charge in [-0.25, -0.2) is 4.79 Å². The molecule has 1 saturated heterocycles. The van der Waals surface area contributed by atoms with Crippen molar-refractivity contribution in [3.8, 4) is 5.75 Å². The predicted octanol–water partition coefficient (Wildman–Crippen LogP) is 2.34. The highest BCUT2D eigenvalue weighted by atomic mass is 16.5. The van der Waals surface area contributed by atoms with E-state index in [0.29, 0.717) is 5.56 Å². The van der Waals surface area contributed by atoms with Crippen LogP contribution in [0.2, 0.25) is 0 Å². The molecule has 0 N–H and O–H groups in total. The van der Waals surface area contributed by atoms with E-state index >= 15 is 0 Å². The highest BCUT2D eigenvalue weighted by molar-refractivity contribution is 5.89. The third kappa shape index (κ3) is 3.96. The summed E-state index contributed by atoms with van der Waals surface area (Å²) in [5.41, 5.74) is 0.533. The fraction of sp³-hybridized carbons (Fsp3) is 0.533. The second kappa shape index (κ2) is 6.57. The van der Waals surface area contributed by atoms with E-state index in [-0.39, 0.29) is 12.1 Å². The molecule has 1 atom stereocenters. The molecule has 1 aromatic carbocycles. The van der Waals surface area contributed by atoms with Crippen LogP contribution in [0.4, 0.5) is 0 Å². The zero-order valence-corrected chi connectivity index (χ0v) is 11.6. The molecular formula is C15H21NO3. The molecule has 19 heavy (non-hydrogen) atoms. The molecular weight excluding hydrogens is 242 g/mol. The maximum Gasteiger partial charge on any atom is 0.337 e. The van der Waals surface area contributed by atoms with E-state index in [9.17, 15) is 4.79 Å². The van der Waals surface area contributed by atoms with Crippen LogP contribution < -0.4 is 4.74 Å². The summed E-state index contributed by atoms with van der Waals surface area (Å²) < 4.78 is 10.7. The average Bonchev–Trinajstić information content (AvgIpc) is 2.63. The van der Waals surface area contributed by atoms with Crippen LogP contribution in [0.1, 0.15) is 29.6 Å². The SMILES string of the molecule is COC(=O)c1cccc(OC2CCCN(C)CC2)c1. The lowest BCUT2D eigenvalue weighted by Gasteiger charge is -2.17. The van der Waals surface area contributed by atoms with Crippen molar-refractivity contribution in [1.82, 2.24) is 4.90 Å². The van der Waals surface area contributed by atoms with Crippen LogP contribution >= 0.6 is 0 Å². The van der Waals surface area contributed by atoms with Crippen molar-refractivity contribution in [3.63, 3.8) is 0 Å². The van der Waals surface area contributed by atoms with Gasteiger partial charge >= 0.3 is 5.97 Å². The van der Waals surface area contributed by atoms with Crippen molar-refractivity contribution in [3.05, 3.63) is 29.8 Å². The minimum absolute atomic E-state index is 0.234. The number of methoxy groups -OCH3 is 1. The van der Waals surface area contributed by atoms with Crippen molar-refractivity contribution in [2.75, 3.05) is 27.2 Å². The van der Waals surface area contributed by atoms with E-state index in [1.165, 1.54) is 7.11 Å². The maximum absolute atomic E-state index is 11.5. The molecule has 0 radical (unpaired) electrons. The molecule has 0 bridgehead atoms. The van der Waals surface area contributed by atoms with Gasteiger partial charge in [0.25, 0.3) is 0 Å². The second-order valence-electron chi connectivity index (χ2n) is 4.99. The summed E-state index contributed by atoms with van der Waals surface area (Å²) >= 11 is 0. The van der Waals surface area contributed by atoms with Gasteiger partial charge in [-0.05, 0) is 51.1 Å². The van der Waals surface area contributed by atoms with Crippen LogP contribution in [-0.4, -0.2) is 44.2 Å². The first kappa shape index (κ1) is 13.9. The van der Waals surface area contributed by atoms with E-state index < -0.39 is 0 Å². The van der Waals surface area contributed by atoms with Crippen molar-refractivity contribution in [2.24, 2.45) is 0 Å². The zero-order chi connectivity index (χ0) is 13.7. The first-order valence-electron chi connectivity index (χ1n) is 6.72. The molecule has 4 nitrogen and oxygen atoms in total. The van der Waals surface area contributed by atoms with E-state index in [1.807, 2.05) is 12.1 Å². The quantitative estimate of drug-likeness (QED) is 0.785. The molecule has 4 heteroatoms. The highest BCUT2D eigenvalue weighted by Gasteiger charge is 2.16. The van der Waals surface area contributed by atoms with Crippen molar-refractivity contribution >= 4 is 5.97 Å². The van der Waals surface area contributed by atoms with E-state index in [4.69, 9.17) is 9.47 Å². The Hall–Kier alpha value is -1.55. The molecule has 0 spiro atoms. The Morgan fingerprint density at radius 2 is 2.16 bits per heavy atom. The summed E-state index contributed by atoms with van der Waals surface area (Å²) in [5, 5.41) is 0. The normalized spacial score (nSPS) is 20.6.